The molecule has 0 fully saturated rings. The van der Waals surface area contributed by atoms with Gasteiger partial charge in [-0.2, -0.15) is 0 Å². The number of nitrogens with one attached hydrogen (secondary N) is 3. The second kappa shape index (κ2) is 13.2. The highest BCUT2D eigenvalue weighted by Gasteiger charge is 2.13. The molecule has 0 bridgehead atoms. The Hall–Kier alpha value is -2.08. The summed E-state index contributed by atoms with van der Waals surface area (Å²) in [6.45, 7) is 12.6. The molecule has 158 valence electrons. The zero-order valence-corrected chi connectivity index (χ0v) is 18.3. The molecule has 1 unspecified atom stereocenters. The van der Waals surface area contributed by atoms with Crippen molar-refractivity contribution in [2.24, 2.45) is 16.8 Å². The van der Waals surface area contributed by atoms with Gasteiger partial charge in [-0.15, -0.1) is 0 Å². The quantitative estimate of drug-likeness (QED) is 0.397. The third kappa shape index (κ3) is 9.74. The van der Waals surface area contributed by atoms with Crippen molar-refractivity contribution in [2.45, 2.75) is 60.1 Å². The minimum Gasteiger partial charge on any atom is -0.378 e. The molecule has 0 heterocycles. The Morgan fingerprint density at radius 3 is 2.54 bits per heavy atom. The van der Waals surface area contributed by atoms with Crippen molar-refractivity contribution in [2.75, 3.05) is 25.5 Å². The zero-order valence-electron chi connectivity index (χ0n) is 18.3. The van der Waals surface area contributed by atoms with Gasteiger partial charge in [0.05, 0.1) is 6.10 Å². The molecule has 1 atom stereocenters. The maximum Gasteiger partial charge on any atom is 0.224 e. The van der Waals surface area contributed by atoms with Gasteiger partial charge in [0.15, 0.2) is 5.96 Å². The highest BCUT2D eigenvalue weighted by molar-refractivity contribution is 5.90. The van der Waals surface area contributed by atoms with Crippen molar-refractivity contribution in [1.82, 2.24) is 10.6 Å². The third-order valence-corrected chi connectivity index (χ3v) is 4.33. The molecule has 28 heavy (non-hydrogen) atoms. The fourth-order valence-electron chi connectivity index (χ4n) is 2.90. The molecule has 1 aromatic rings. The lowest BCUT2D eigenvalue weighted by molar-refractivity contribution is -0.116. The number of nitrogens with zero attached hydrogens (tertiary/aromatic N) is 1. The van der Waals surface area contributed by atoms with E-state index in [0.29, 0.717) is 24.8 Å². The van der Waals surface area contributed by atoms with Gasteiger partial charge in [-0.1, -0.05) is 39.8 Å². The first-order valence-corrected chi connectivity index (χ1v) is 10.3. The third-order valence-electron chi connectivity index (χ3n) is 4.33. The van der Waals surface area contributed by atoms with Crippen LogP contribution in [-0.2, 0) is 16.1 Å². The van der Waals surface area contributed by atoms with Gasteiger partial charge >= 0.3 is 0 Å². The van der Waals surface area contributed by atoms with Crippen molar-refractivity contribution in [3.05, 3.63) is 29.8 Å². The van der Waals surface area contributed by atoms with E-state index in [1.54, 1.807) is 7.05 Å². The summed E-state index contributed by atoms with van der Waals surface area (Å²) in [7, 11) is 1.76. The fourth-order valence-corrected chi connectivity index (χ4v) is 2.90. The molecule has 0 aliphatic heterocycles. The summed E-state index contributed by atoms with van der Waals surface area (Å²) >= 11 is 0. The van der Waals surface area contributed by atoms with Gasteiger partial charge in [0.2, 0.25) is 5.91 Å². The van der Waals surface area contributed by atoms with Crippen LogP contribution in [0.2, 0.25) is 0 Å². The van der Waals surface area contributed by atoms with Crippen LogP contribution in [0.3, 0.4) is 0 Å². The smallest absolute Gasteiger partial charge is 0.224 e. The molecule has 1 rings (SSSR count). The molecule has 0 spiro atoms. The number of amides is 1. The zero-order chi connectivity index (χ0) is 20.9. The second-order valence-electron chi connectivity index (χ2n) is 7.73. The molecule has 6 nitrogen and oxygen atoms in total. The van der Waals surface area contributed by atoms with Crippen LogP contribution in [0.5, 0.6) is 0 Å². The van der Waals surface area contributed by atoms with Crippen molar-refractivity contribution < 1.29 is 9.53 Å². The summed E-state index contributed by atoms with van der Waals surface area (Å²) in [6.07, 6.45) is 1.71. The van der Waals surface area contributed by atoms with Crippen molar-refractivity contribution in [3.63, 3.8) is 0 Å². The molecule has 3 N–H and O–H groups in total. The first-order chi connectivity index (χ1) is 13.3. The number of hydrogen-bond donors (Lipinski definition) is 3. The van der Waals surface area contributed by atoms with Gasteiger partial charge in [0.1, 0.15) is 0 Å². The predicted molar refractivity (Wildman–Crippen MR) is 118 cm³/mol. The number of ether oxygens (including phenoxy) is 1. The molecule has 0 saturated heterocycles. The lowest BCUT2D eigenvalue weighted by Gasteiger charge is -2.21. The Morgan fingerprint density at radius 2 is 1.93 bits per heavy atom. The summed E-state index contributed by atoms with van der Waals surface area (Å²) in [5.74, 6) is 1.64. The van der Waals surface area contributed by atoms with Gasteiger partial charge in [-0.3, -0.25) is 9.79 Å². The van der Waals surface area contributed by atoms with E-state index in [4.69, 9.17) is 4.74 Å². The van der Waals surface area contributed by atoms with Crippen LogP contribution in [0.15, 0.2) is 29.3 Å². The molecule has 0 saturated carbocycles. The highest BCUT2D eigenvalue weighted by Crippen LogP contribution is 2.12. The van der Waals surface area contributed by atoms with Crippen LogP contribution in [0, 0.1) is 11.8 Å². The van der Waals surface area contributed by atoms with Crippen molar-refractivity contribution in [3.8, 4) is 0 Å². The van der Waals surface area contributed by atoms with Crippen molar-refractivity contribution >= 4 is 17.6 Å². The molecular weight excluding hydrogens is 352 g/mol. The topological polar surface area (TPSA) is 74.8 Å². The normalized spacial score (nSPS) is 12.9. The van der Waals surface area contributed by atoms with Crippen molar-refractivity contribution in [1.29, 1.82) is 0 Å². The summed E-state index contributed by atoms with van der Waals surface area (Å²) in [5, 5.41) is 9.62. The maximum atomic E-state index is 11.9. The average molecular weight is 391 g/mol. The average Bonchev–Trinajstić information content (AvgIpc) is 2.63. The number of aliphatic imine (C=N–C) groups is 1. The molecular formula is C22H38N4O2. The van der Waals surface area contributed by atoms with E-state index in [2.05, 4.69) is 34.8 Å². The van der Waals surface area contributed by atoms with Crippen LogP contribution in [0.25, 0.3) is 0 Å². The van der Waals surface area contributed by atoms with E-state index < -0.39 is 0 Å². The molecule has 0 aliphatic carbocycles. The molecule has 1 amide bonds. The van der Waals surface area contributed by atoms with E-state index in [9.17, 15) is 4.79 Å². The first-order valence-electron chi connectivity index (χ1n) is 10.3. The van der Waals surface area contributed by atoms with Crippen LogP contribution < -0.4 is 16.0 Å². The lowest BCUT2D eigenvalue weighted by atomic mass is 10.0. The maximum absolute atomic E-state index is 11.9. The van der Waals surface area contributed by atoms with Gasteiger partial charge in [0, 0.05) is 38.9 Å². The predicted octanol–water partition coefficient (Wildman–Crippen LogP) is 3.79. The summed E-state index contributed by atoms with van der Waals surface area (Å²) in [6, 6.07) is 7.88. The molecule has 6 heteroatoms. The van der Waals surface area contributed by atoms with Crippen LogP contribution in [-0.4, -0.2) is 38.2 Å². The number of guanidine groups is 1. The fraction of sp³-hybridized carbons (Fsp3) is 0.636. The van der Waals surface area contributed by atoms with Gasteiger partial charge in [0.25, 0.3) is 0 Å². The van der Waals surface area contributed by atoms with Crippen LogP contribution in [0.4, 0.5) is 5.69 Å². The molecule has 0 radical (unpaired) electrons. The minimum absolute atomic E-state index is 0.0478. The Balaban J connectivity index is 2.48. The van der Waals surface area contributed by atoms with E-state index in [1.807, 2.05) is 45.0 Å². The van der Waals surface area contributed by atoms with Crippen LogP contribution in [0.1, 0.15) is 53.0 Å². The number of rotatable bonds is 11. The number of hydrogen-bond acceptors (Lipinski definition) is 3. The standard InChI is InChI=1S/C22H38N4O2/c1-7-28-20(17(4)5)11-12-24-22(23-6)25-15-18-9-8-10-19(14-18)26-21(27)13-16(2)3/h8-10,14,16-17,20H,7,11-13,15H2,1-6H3,(H,26,27)(H2,23,24,25). The highest BCUT2D eigenvalue weighted by atomic mass is 16.5. The SMILES string of the molecule is CCOC(CCNC(=NC)NCc1cccc(NC(=O)CC(C)C)c1)C(C)C. The Bertz CT molecular complexity index is 614. The summed E-state index contributed by atoms with van der Waals surface area (Å²) < 4.78 is 5.78. The monoisotopic (exact) mass is 390 g/mol. The number of carbonyl (C=O) groups is 1. The summed E-state index contributed by atoms with van der Waals surface area (Å²) in [4.78, 5) is 16.2. The van der Waals surface area contributed by atoms with Gasteiger partial charge in [-0.05, 0) is 42.9 Å². The lowest BCUT2D eigenvalue weighted by Crippen LogP contribution is -2.38. The minimum atomic E-state index is 0.0478. The number of benzene rings is 1. The number of anilines is 1. The summed E-state index contributed by atoms with van der Waals surface area (Å²) in [5.41, 5.74) is 1.91. The van der Waals surface area contributed by atoms with Gasteiger partial charge < -0.3 is 20.7 Å². The molecule has 0 aromatic heterocycles. The molecule has 0 aliphatic rings. The second-order valence-corrected chi connectivity index (χ2v) is 7.73. The largest absolute Gasteiger partial charge is 0.378 e. The first kappa shape index (κ1) is 24.0. The number of carbonyl (C=O) groups excluding carboxylic acids is 1. The van der Waals surface area contributed by atoms with E-state index in [-0.39, 0.29) is 12.0 Å². The van der Waals surface area contributed by atoms with Gasteiger partial charge in [-0.25, -0.2) is 0 Å². The molecule has 1 aromatic carbocycles. The van der Waals surface area contributed by atoms with E-state index in [0.717, 1.165) is 36.8 Å². The van der Waals surface area contributed by atoms with E-state index >= 15 is 0 Å². The van der Waals surface area contributed by atoms with E-state index in [1.165, 1.54) is 0 Å². The Kier molecular flexibility index (Phi) is 11.3. The Labute approximate surface area is 170 Å². The van der Waals surface area contributed by atoms with Crippen LogP contribution >= 0.6 is 0 Å². The Morgan fingerprint density at radius 1 is 1.18 bits per heavy atom.